The van der Waals surface area contributed by atoms with Gasteiger partial charge in [0.25, 0.3) is 0 Å². The summed E-state index contributed by atoms with van der Waals surface area (Å²) in [6.45, 7) is 7.84. The van der Waals surface area contributed by atoms with Gasteiger partial charge in [0.1, 0.15) is 0 Å². The van der Waals surface area contributed by atoms with Crippen molar-refractivity contribution in [1.29, 1.82) is 0 Å². The Bertz CT molecular complexity index is 444. The van der Waals surface area contributed by atoms with Crippen molar-refractivity contribution >= 4 is 5.96 Å². The molecule has 1 fully saturated rings. The van der Waals surface area contributed by atoms with Crippen LogP contribution in [0.4, 0.5) is 0 Å². The summed E-state index contributed by atoms with van der Waals surface area (Å²) < 4.78 is 13.1. The van der Waals surface area contributed by atoms with Gasteiger partial charge in [-0.3, -0.25) is 9.67 Å². The Balaban J connectivity index is 1.51. The molecule has 0 spiro atoms. The molecule has 136 valence electrons. The summed E-state index contributed by atoms with van der Waals surface area (Å²) in [6, 6.07) is 1.94. The summed E-state index contributed by atoms with van der Waals surface area (Å²) in [5.41, 5.74) is 0. The molecular formula is C17H31N5O2. The zero-order valence-electron chi connectivity index (χ0n) is 14.7. The van der Waals surface area contributed by atoms with Crippen molar-refractivity contribution in [2.45, 2.75) is 45.3 Å². The molecule has 1 atom stereocenters. The maximum atomic E-state index is 5.66. The standard InChI is InChI=1S/C17H31N5O2/c1-2-18-17(19-8-4-11-22-12-5-10-21-22)20-9-6-13-23-15-16-7-3-14-24-16/h5,10,12,16H,2-4,6-9,11,13-15H2,1H3,(H2,18,19,20). The molecule has 0 aliphatic carbocycles. The predicted molar refractivity (Wildman–Crippen MR) is 95.2 cm³/mol. The SMILES string of the molecule is CCNC(=NCCCn1cccn1)NCCCOCC1CCCO1. The van der Waals surface area contributed by atoms with Crippen LogP contribution in [0.5, 0.6) is 0 Å². The van der Waals surface area contributed by atoms with E-state index in [-0.39, 0.29) is 0 Å². The zero-order chi connectivity index (χ0) is 16.9. The highest BCUT2D eigenvalue weighted by Crippen LogP contribution is 2.11. The number of rotatable bonds is 11. The summed E-state index contributed by atoms with van der Waals surface area (Å²) in [7, 11) is 0. The molecule has 0 radical (unpaired) electrons. The van der Waals surface area contributed by atoms with Crippen molar-refractivity contribution in [3.63, 3.8) is 0 Å². The minimum absolute atomic E-state index is 0.312. The van der Waals surface area contributed by atoms with Crippen LogP contribution >= 0.6 is 0 Å². The fourth-order valence-electron chi connectivity index (χ4n) is 2.57. The van der Waals surface area contributed by atoms with E-state index < -0.39 is 0 Å². The fraction of sp³-hybridized carbons (Fsp3) is 0.765. The molecule has 7 heteroatoms. The van der Waals surface area contributed by atoms with Gasteiger partial charge in [-0.05, 0) is 38.7 Å². The Kier molecular flexibility index (Phi) is 9.26. The number of hydrogen-bond acceptors (Lipinski definition) is 4. The van der Waals surface area contributed by atoms with E-state index in [0.29, 0.717) is 6.10 Å². The highest BCUT2D eigenvalue weighted by molar-refractivity contribution is 5.79. The summed E-state index contributed by atoms with van der Waals surface area (Å²) >= 11 is 0. The first-order chi connectivity index (χ1) is 11.9. The second-order valence-electron chi connectivity index (χ2n) is 5.87. The second kappa shape index (κ2) is 11.9. The van der Waals surface area contributed by atoms with Gasteiger partial charge in [0.15, 0.2) is 5.96 Å². The molecule has 1 aliphatic heterocycles. The number of aryl methyl sites for hydroxylation is 1. The van der Waals surface area contributed by atoms with Gasteiger partial charge in [-0.25, -0.2) is 0 Å². The van der Waals surface area contributed by atoms with Gasteiger partial charge in [-0.2, -0.15) is 5.10 Å². The molecular weight excluding hydrogens is 306 g/mol. The van der Waals surface area contributed by atoms with E-state index in [4.69, 9.17) is 9.47 Å². The predicted octanol–water partition coefficient (Wildman–Crippen LogP) is 1.41. The lowest BCUT2D eigenvalue weighted by Crippen LogP contribution is -2.38. The lowest BCUT2D eigenvalue weighted by molar-refractivity contribution is 0.0168. The van der Waals surface area contributed by atoms with Crippen LogP contribution < -0.4 is 10.6 Å². The Hall–Kier alpha value is -1.60. The molecule has 0 amide bonds. The van der Waals surface area contributed by atoms with E-state index in [1.165, 1.54) is 6.42 Å². The van der Waals surface area contributed by atoms with Gasteiger partial charge in [-0.1, -0.05) is 0 Å². The van der Waals surface area contributed by atoms with Crippen molar-refractivity contribution in [3.05, 3.63) is 18.5 Å². The topological polar surface area (TPSA) is 72.7 Å². The average molecular weight is 337 g/mol. The average Bonchev–Trinajstić information content (AvgIpc) is 3.28. The Morgan fingerprint density at radius 2 is 2.38 bits per heavy atom. The number of guanidine groups is 1. The number of hydrogen-bond donors (Lipinski definition) is 2. The molecule has 2 heterocycles. The highest BCUT2D eigenvalue weighted by atomic mass is 16.5. The normalized spacial score (nSPS) is 18.0. The number of ether oxygens (including phenoxy) is 2. The molecule has 0 aromatic carbocycles. The Morgan fingerprint density at radius 1 is 1.42 bits per heavy atom. The third kappa shape index (κ3) is 7.79. The van der Waals surface area contributed by atoms with E-state index in [1.54, 1.807) is 6.20 Å². The van der Waals surface area contributed by atoms with E-state index in [1.807, 2.05) is 16.9 Å². The highest BCUT2D eigenvalue weighted by Gasteiger charge is 2.14. The van der Waals surface area contributed by atoms with Crippen LogP contribution in [-0.2, 0) is 16.0 Å². The summed E-state index contributed by atoms with van der Waals surface area (Å²) in [5, 5.41) is 10.8. The minimum atomic E-state index is 0.312. The number of aliphatic imine (C=N–C) groups is 1. The van der Waals surface area contributed by atoms with Crippen LogP contribution in [-0.4, -0.2) is 61.3 Å². The van der Waals surface area contributed by atoms with Gasteiger partial charge < -0.3 is 20.1 Å². The van der Waals surface area contributed by atoms with Gasteiger partial charge in [0.2, 0.25) is 0 Å². The quantitative estimate of drug-likeness (QED) is 0.363. The van der Waals surface area contributed by atoms with Crippen molar-refractivity contribution in [1.82, 2.24) is 20.4 Å². The molecule has 0 saturated carbocycles. The van der Waals surface area contributed by atoms with Gasteiger partial charge >= 0.3 is 0 Å². The first-order valence-corrected chi connectivity index (χ1v) is 9.07. The summed E-state index contributed by atoms with van der Waals surface area (Å²) in [6.07, 6.45) is 8.32. The molecule has 1 saturated heterocycles. The molecule has 2 rings (SSSR count). The molecule has 1 aromatic rings. The maximum absolute atomic E-state index is 5.66. The Morgan fingerprint density at radius 3 is 3.12 bits per heavy atom. The van der Waals surface area contributed by atoms with E-state index in [9.17, 15) is 0 Å². The second-order valence-corrected chi connectivity index (χ2v) is 5.87. The monoisotopic (exact) mass is 337 g/mol. The van der Waals surface area contributed by atoms with Crippen LogP contribution in [0, 0.1) is 0 Å². The summed E-state index contributed by atoms with van der Waals surface area (Å²) in [5.74, 6) is 0.872. The fourth-order valence-corrected chi connectivity index (χ4v) is 2.57. The first kappa shape index (κ1) is 18.7. The molecule has 24 heavy (non-hydrogen) atoms. The molecule has 2 N–H and O–H groups in total. The van der Waals surface area contributed by atoms with Crippen LogP contribution in [0.1, 0.15) is 32.6 Å². The van der Waals surface area contributed by atoms with Gasteiger partial charge in [0, 0.05) is 51.8 Å². The van der Waals surface area contributed by atoms with E-state index in [0.717, 1.165) is 71.2 Å². The van der Waals surface area contributed by atoms with Crippen LogP contribution in [0.25, 0.3) is 0 Å². The van der Waals surface area contributed by atoms with Gasteiger partial charge in [0.05, 0.1) is 12.7 Å². The van der Waals surface area contributed by atoms with Crippen molar-refractivity contribution in [2.75, 3.05) is 39.5 Å². The summed E-state index contributed by atoms with van der Waals surface area (Å²) in [4.78, 5) is 4.59. The third-order valence-corrected chi connectivity index (χ3v) is 3.80. The first-order valence-electron chi connectivity index (χ1n) is 9.07. The molecule has 7 nitrogen and oxygen atoms in total. The smallest absolute Gasteiger partial charge is 0.191 e. The van der Waals surface area contributed by atoms with Crippen LogP contribution in [0.3, 0.4) is 0 Å². The van der Waals surface area contributed by atoms with Crippen molar-refractivity contribution in [2.24, 2.45) is 4.99 Å². The van der Waals surface area contributed by atoms with Gasteiger partial charge in [-0.15, -0.1) is 0 Å². The van der Waals surface area contributed by atoms with Crippen LogP contribution in [0.2, 0.25) is 0 Å². The minimum Gasteiger partial charge on any atom is -0.379 e. The van der Waals surface area contributed by atoms with Crippen molar-refractivity contribution in [3.8, 4) is 0 Å². The number of nitrogens with one attached hydrogen (secondary N) is 2. The van der Waals surface area contributed by atoms with Crippen molar-refractivity contribution < 1.29 is 9.47 Å². The maximum Gasteiger partial charge on any atom is 0.191 e. The largest absolute Gasteiger partial charge is 0.379 e. The zero-order valence-corrected chi connectivity index (χ0v) is 14.7. The lowest BCUT2D eigenvalue weighted by atomic mass is 10.2. The molecule has 0 bridgehead atoms. The molecule has 1 aliphatic rings. The third-order valence-electron chi connectivity index (χ3n) is 3.80. The molecule has 1 unspecified atom stereocenters. The molecule has 1 aromatic heterocycles. The Labute approximate surface area is 144 Å². The number of aromatic nitrogens is 2. The lowest BCUT2D eigenvalue weighted by Gasteiger charge is -2.12. The number of nitrogens with zero attached hydrogens (tertiary/aromatic N) is 3. The van der Waals surface area contributed by atoms with E-state index in [2.05, 4.69) is 27.6 Å². The van der Waals surface area contributed by atoms with Crippen LogP contribution in [0.15, 0.2) is 23.5 Å². The van der Waals surface area contributed by atoms with E-state index >= 15 is 0 Å².